The summed E-state index contributed by atoms with van der Waals surface area (Å²) in [5, 5.41) is 10.4. The van der Waals surface area contributed by atoms with Crippen molar-refractivity contribution >= 4 is 5.97 Å². The normalized spacial score (nSPS) is 16.6. The highest BCUT2D eigenvalue weighted by Gasteiger charge is 2.22. The molecule has 1 saturated heterocycles. The average molecular weight is 408 g/mol. The number of nitrogens with zero attached hydrogens (tertiary/aromatic N) is 1. The van der Waals surface area contributed by atoms with E-state index in [-0.39, 0.29) is 12.1 Å². The maximum absolute atomic E-state index is 11.9. The van der Waals surface area contributed by atoms with Crippen LogP contribution >= 0.6 is 0 Å². The van der Waals surface area contributed by atoms with Gasteiger partial charge in [0.15, 0.2) is 0 Å². The fourth-order valence-electron chi connectivity index (χ4n) is 3.94. The summed E-state index contributed by atoms with van der Waals surface area (Å²) in [6, 6.07) is 5.90. The first-order valence-corrected chi connectivity index (χ1v) is 10.9. The molecule has 1 aliphatic heterocycles. The Balaban J connectivity index is 2.07. The van der Waals surface area contributed by atoms with E-state index in [1.165, 1.54) is 12.8 Å². The molecule has 2 unspecified atom stereocenters. The molecule has 0 saturated carbocycles. The maximum Gasteiger partial charge on any atom is 0.306 e. The second kappa shape index (κ2) is 12.8. The van der Waals surface area contributed by atoms with Gasteiger partial charge in [-0.1, -0.05) is 25.5 Å². The fourth-order valence-corrected chi connectivity index (χ4v) is 3.94. The molecule has 0 spiro atoms. The molecule has 0 aromatic heterocycles. The van der Waals surface area contributed by atoms with E-state index in [1.807, 2.05) is 25.1 Å². The predicted octanol–water partition coefficient (Wildman–Crippen LogP) is 3.51. The number of ether oxygens (including phenoxy) is 3. The third-order valence-corrected chi connectivity index (χ3v) is 5.33. The van der Waals surface area contributed by atoms with Crippen LogP contribution in [0.15, 0.2) is 18.2 Å². The van der Waals surface area contributed by atoms with Gasteiger partial charge < -0.3 is 24.2 Å². The lowest BCUT2D eigenvalue weighted by Crippen LogP contribution is -2.33. The number of likely N-dealkylation sites (tertiary alicyclic amines) is 1. The van der Waals surface area contributed by atoms with Crippen molar-refractivity contribution in [3.63, 3.8) is 0 Å². The highest BCUT2D eigenvalue weighted by atomic mass is 16.5. The number of esters is 1. The van der Waals surface area contributed by atoms with Gasteiger partial charge in [-0.2, -0.15) is 0 Å². The molecular formula is C23H37NO5. The minimum Gasteiger partial charge on any atom is -0.496 e. The van der Waals surface area contributed by atoms with Gasteiger partial charge >= 0.3 is 5.97 Å². The first kappa shape index (κ1) is 23.6. The first-order valence-electron chi connectivity index (χ1n) is 10.9. The summed E-state index contributed by atoms with van der Waals surface area (Å²) in [4.78, 5) is 14.2. The zero-order valence-electron chi connectivity index (χ0n) is 18.2. The van der Waals surface area contributed by atoms with Crippen molar-refractivity contribution in [2.75, 3.05) is 40.0 Å². The lowest BCUT2D eigenvalue weighted by atomic mass is 9.95. The van der Waals surface area contributed by atoms with E-state index < -0.39 is 6.10 Å². The van der Waals surface area contributed by atoms with Crippen LogP contribution < -0.4 is 4.74 Å². The molecule has 0 aliphatic carbocycles. The molecular weight excluding hydrogens is 370 g/mol. The van der Waals surface area contributed by atoms with Crippen LogP contribution in [-0.4, -0.2) is 62.0 Å². The van der Waals surface area contributed by atoms with Gasteiger partial charge in [-0.3, -0.25) is 4.79 Å². The van der Waals surface area contributed by atoms with Gasteiger partial charge in [0.1, 0.15) is 5.75 Å². The summed E-state index contributed by atoms with van der Waals surface area (Å²) in [5.74, 6) is 0.549. The fraction of sp³-hybridized carbons (Fsp3) is 0.696. The lowest BCUT2D eigenvalue weighted by molar-refractivity contribution is -0.143. The number of carbonyl (C=O) groups is 1. The molecule has 1 aromatic carbocycles. The van der Waals surface area contributed by atoms with E-state index in [9.17, 15) is 9.90 Å². The maximum atomic E-state index is 11.9. The second-order valence-corrected chi connectivity index (χ2v) is 7.61. The molecule has 0 bridgehead atoms. The van der Waals surface area contributed by atoms with Gasteiger partial charge in [0.25, 0.3) is 0 Å². The van der Waals surface area contributed by atoms with Crippen molar-refractivity contribution in [3.8, 4) is 5.75 Å². The molecule has 1 heterocycles. The lowest BCUT2D eigenvalue weighted by Gasteiger charge is -2.25. The minimum absolute atomic E-state index is 0.138. The molecule has 1 aromatic rings. The Morgan fingerprint density at radius 1 is 1.24 bits per heavy atom. The number of aliphatic hydroxyl groups is 1. The predicted molar refractivity (Wildman–Crippen MR) is 113 cm³/mol. The van der Waals surface area contributed by atoms with Gasteiger partial charge in [0, 0.05) is 18.5 Å². The Kier molecular flexibility index (Phi) is 10.5. The molecule has 6 nitrogen and oxygen atoms in total. The van der Waals surface area contributed by atoms with Gasteiger partial charge in [0.2, 0.25) is 0 Å². The van der Waals surface area contributed by atoms with Gasteiger partial charge in [-0.05, 0) is 57.3 Å². The summed E-state index contributed by atoms with van der Waals surface area (Å²) < 4.78 is 16.8. The van der Waals surface area contributed by atoms with Crippen LogP contribution in [0.3, 0.4) is 0 Å². The molecule has 6 heteroatoms. The van der Waals surface area contributed by atoms with E-state index in [2.05, 4.69) is 11.8 Å². The topological polar surface area (TPSA) is 68.2 Å². The van der Waals surface area contributed by atoms with Crippen LogP contribution in [0.25, 0.3) is 0 Å². The number of hydrogen-bond acceptors (Lipinski definition) is 6. The SMILES string of the molecule is CCCC(OCC(O)CN1CCCC1)c1cccc(OC)c1CCC(=O)OCC. The Hall–Kier alpha value is -1.63. The third kappa shape index (κ3) is 7.61. The monoisotopic (exact) mass is 407 g/mol. The smallest absolute Gasteiger partial charge is 0.306 e. The number of β-amino-alcohol motifs (C(OH)–C–C–N with tert-alkyl or cyclic N) is 1. The molecule has 1 fully saturated rings. The van der Waals surface area contributed by atoms with E-state index in [0.29, 0.717) is 32.6 Å². The molecule has 2 atom stereocenters. The Morgan fingerprint density at radius 3 is 2.66 bits per heavy atom. The third-order valence-electron chi connectivity index (χ3n) is 5.33. The number of hydrogen-bond donors (Lipinski definition) is 1. The molecule has 0 radical (unpaired) electrons. The highest BCUT2D eigenvalue weighted by molar-refractivity contribution is 5.70. The van der Waals surface area contributed by atoms with E-state index in [0.717, 1.165) is 42.8 Å². The van der Waals surface area contributed by atoms with Crippen LogP contribution in [0.5, 0.6) is 5.75 Å². The standard InChI is InChI=1S/C23H37NO5/c1-4-9-22(29-17-18(25)16-24-14-6-7-15-24)19-10-8-11-21(27-3)20(19)12-13-23(26)28-5-2/h8,10-11,18,22,25H,4-7,9,12-17H2,1-3H3. The largest absolute Gasteiger partial charge is 0.496 e. The summed E-state index contributed by atoms with van der Waals surface area (Å²) in [5.41, 5.74) is 2.01. The van der Waals surface area contributed by atoms with Gasteiger partial charge in [-0.25, -0.2) is 0 Å². The summed E-state index contributed by atoms with van der Waals surface area (Å²) >= 11 is 0. The summed E-state index contributed by atoms with van der Waals surface area (Å²) in [6.07, 6.45) is 4.42. The number of rotatable bonds is 13. The quantitative estimate of drug-likeness (QED) is 0.505. The second-order valence-electron chi connectivity index (χ2n) is 7.61. The van der Waals surface area contributed by atoms with Crippen molar-refractivity contribution in [1.29, 1.82) is 0 Å². The van der Waals surface area contributed by atoms with Crippen LogP contribution in [-0.2, 0) is 20.7 Å². The number of benzene rings is 1. The zero-order chi connectivity index (χ0) is 21.1. The Morgan fingerprint density at radius 2 is 2.00 bits per heavy atom. The molecule has 1 aliphatic rings. The van der Waals surface area contributed by atoms with Crippen LogP contribution in [0.4, 0.5) is 0 Å². The average Bonchev–Trinajstić information content (AvgIpc) is 3.22. The van der Waals surface area contributed by atoms with Crippen molar-refractivity contribution in [2.45, 2.75) is 64.6 Å². The van der Waals surface area contributed by atoms with Crippen molar-refractivity contribution in [2.24, 2.45) is 0 Å². The van der Waals surface area contributed by atoms with E-state index in [4.69, 9.17) is 14.2 Å². The molecule has 29 heavy (non-hydrogen) atoms. The minimum atomic E-state index is -0.499. The first-order chi connectivity index (χ1) is 14.1. The van der Waals surface area contributed by atoms with Crippen LogP contribution in [0, 0.1) is 0 Å². The molecule has 0 amide bonds. The summed E-state index contributed by atoms with van der Waals surface area (Å²) in [7, 11) is 1.64. The van der Waals surface area contributed by atoms with E-state index >= 15 is 0 Å². The highest BCUT2D eigenvalue weighted by Crippen LogP contribution is 2.33. The molecule has 164 valence electrons. The van der Waals surface area contributed by atoms with Crippen molar-refractivity contribution in [1.82, 2.24) is 4.90 Å². The van der Waals surface area contributed by atoms with Crippen LogP contribution in [0.2, 0.25) is 0 Å². The number of methoxy groups -OCH3 is 1. The van der Waals surface area contributed by atoms with Crippen LogP contribution in [0.1, 0.15) is 63.2 Å². The van der Waals surface area contributed by atoms with E-state index in [1.54, 1.807) is 7.11 Å². The number of aliphatic hydroxyl groups excluding tert-OH is 1. The zero-order valence-corrected chi connectivity index (χ0v) is 18.2. The molecule has 1 N–H and O–H groups in total. The number of carbonyl (C=O) groups excluding carboxylic acids is 1. The Labute approximate surface area is 175 Å². The van der Waals surface area contributed by atoms with Gasteiger partial charge in [-0.15, -0.1) is 0 Å². The molecule has 2 rings (SSSR count). The summed E-state index contributed by atoms with van der Waals surface area (Å²) in [6.45, 7) is 7.39. The van der Waals surface area contributed by atoms with Crippen molar-refractivity contribution < 1.29 is 24.1 Å². The van der Waals surface area contributed by atoms with Crippen molar-refractivity contribution in [3.05, 3.63) is 29.3 Å². The Bertz CT molecular complexity index is 615. The van der Waals surface area contributed by atoms with Gasteiger partial charge in [0.05, 0.1) is 32.5 Å².